The minimum Gasteiger partial charge on any atom is -0.444 e. The number of aromatic nitrogens is 3. The third kappa shape index (κ3) is 6.11. The molecule has 2 saturated heterocycles. The molecule has 2 aromatic heterocycles. The van der Waals surface area contributed by atoms with Gasteiger partial charge in [-0.3, -0.25) is 4.79 Å². The van der Waals surface area contributed by atoms with E-state index < -0.39 is 0 Å². The van der Waals surface area contributed by atoms with Gasteiger partial charge in [0.15, 0.2) is 5.65 Å². The summed E-state index contributed by atoms with van der Waals surface area (Å²) < 4.78 is 7.80. The number of rotatable bonds is 7. The number of likely N-dealkylation sites (N-methyl/N-ethyl adjacent to an activating group) is 1. The van der Waals surface area contributed by atoms with Crippen molar-refractivity contribution >= 4 is 28.9 Å². The normalized spacial score (nSPS) is 19.4. The van der Waals surface area contributed by atoms with Gasteiger partial charge in [-0.05, 0) is 46.9 Å². The van der Waals surface area contributed by atoms with Crippen molar-refractivity contribution in [2.75, 3.05) is 52.1 Å². The smallest absolute Gasteiger partial charge is 0.410 e. The number of anilines is 1. The average Bonchev–Trinajstić information content (AvgIpc) is 3.47. The molecule has 0 radical (unpaired) electrons. The molecule has 0 aromatic carbocycles. The highest BCUT2D eigenvalue weighted by Gasteiger charge is 2.31. The second-order valence-electron chi connectivity index (χ2n) is 9.93. The SMILES string of the molecule is CC(C)n1cnc2c(NC3CCN(C(=O)O[C@@H]4CCN(C(=O)/C=C/CN(C)C)C4)CC3)ccnc21. The van der Waals surface area contributed by atoms with Crippen molar-refractivity contribution in [3.8, 4) is 0 Å². The third-order valence-corrected chi connectivity index (χ3v) is 6.59. The van der Waals surface area contributed by atoms with Crippen LogP contribution in [0.15, 0.2) is 30.7 Å². The number of nitrogens with one attached hydrogen (secondary N) is 1. The van der Waals surface area contributed by atoms with Gasteiger partial charge in [0.05, 0.1) is 18.6 Å². The van der Waals surface area contributed by atoms with E-state index in [0.717, 1.165) is 36.2 Å². The zero-order valence-electron chi connectivity index (χ0n) is 21.2. The molecule has 10 nitrogen and oxygen atoms in total. The second kappa shape index (κ2) is 11.1. The number of amides is 2. The van der Waals surface area contributed by atoms with Crippen molar-refractivity contribution in [1.29, 1.82) is 0 Å². The number of hydrogen-bond donors (Lipinski definition) is 1. The van der Waals surface area contributed by atoms with E-state index in [4.69, 9.17) is 4.74 Å². The van der Waals surface area contributed by atoms with Crippen LogP contribution >= 0.6 is 0 Å². The zero-order chi connectivity index (χ0) is 24.9. The second-order valence-corrected chi connectivity index (χ2v) is 9.93. The number of piperidine rings is 1. The summed E-state index contributed by atoms with van der Waals surface area (Å²) in [6, 6.07) is 2.51. The maximum absolute atomic E-state index is 12.7. The van der Waals surface area contributed by atoms with Crippen molar-refractivity contribution in [3.63, 3.8) is 0 Å². The lowest BCUT2D eigenvalue weighted by Gasteiger charge is -2.32. The van der Waals surface area contributed by atoms with Gasteiger partial charge in [-0.25, -0.2) is 14.8 Å². The van der Waals surface area contributed by atoms with E-state index in [1.54, 1.807) is 15.9 Å². The molecule has 1 atom stereocenters. The van der Waals surface area contributed by atoms with Gasteiger partial charge < -0.3 is 29.3 Å². The molecule has 190 valence electrons. The lowest BCUT2D eigenvalue weighted by Crippen LogP contribution is -2.44. The van der Waals surface area contributed by atoms with E-state index in [0.29, 0.717) is 38.6 Å². The van der Waals surface area contributed by atoms with Crippen LogP contribution in [-0.4, -0.2) is 100 Å². The Morgan fingerprint density at radius 2 is 1.91 bits per heavy atom. The van der Waals surface area contributed by atoms with Crippen molar-refractivity contribution in [3.05, 3.63) is 30.7 Å². The fraction of sp³-hybridized carbons (Fsp3) is 0.600. The third-order valence-electron chi connectivity index (χ3n) is 6.59. The number of carbonyl (C=O) groups is 2. The molecule has 0 spiro atoms. The molecule has 4 heterocycles. The molecule has 0 unspecified atom stereocenters. The van der Waals surface area contributed by atoms with Gasteiger partial charge in [0, 0.05) is 57.0 Å². The van der Waals surface area contributed by atoms with Gasteiger partial charge in [-0.15, -0.1) is 0 Å². The van der Waals surface area contributed by atoms with Crippen LogP contribution in [0.3, 0.4) is 0 Å². The Labute approximate surface area is 206 Å². The van der Waals surface area contributed by atoms with Crippen molar-refractivity contribution in [2.45, 2.75) is 51.3 Å². The predicted molar refractivity (Wildman–Crippen MR) is 135 cm³/mol. The summed E-state index contributed by atoms with van der Waals surface area (Å²) in [4.78, 5) is 39.6. The fourth-order valence-corrected chi connectivity index (χ4v) is 4.57. The van der Waals surface area contributed by atoms with E-state index >= 15 is 0 Å². The molecule has 0 saturated carbocycles. The lowest BCUT2D eigenvalue weighted by molar-refractivity contribution is -0.125. The Kier molecular flexibility index (Phi) is 7.90. The number of hydrogen-bond acceptors (Lipinski definition) is 7. The molecular weight excluding hydrogens is 446 g/mol. The summed E-state index contributed by atoms with van der Waals surface area (Å²) in [5, 5.41) is 3.60. The van der Waals surface area contributed by atoms with Crippen LogP contribution in [0.25, 0.3) is 11.2 Å². The van der Waals surface area contributed by atoms with E-state index in [9.17, 15) is 9.59 Å². The summed E-state index contributed by atoms with van der Waals surface area (Å²) in [5.74, 6) is -0.0271. The first kappa shape index (κ1) is 25.0. The number of likely N-dealkylation sites (tertiary alicyclic amines) is 2. The number of imidazole rings is 1. The van der Waals surface area contributed by atoms with Crippen LogP contribution < -0.4 is 5.32 Å². The largest absolute Gasteiger partial charge is 0.444 e. The molecule has 0 aliphatic carbocycles. The Bertz CT molecular complexity index is 1060. The molecule has 10 heteroatoms. The zero-order valence-corrected chi connectivity index (χ0v) is 21.2. The summed E-state index contributed by atoms with van der Waals surface area (Å²) in [5.41, 5.74) is 2.73. The molecule has 4 rings (SSSR count). The van der Waals surface area contributed by atoms with E-state index in [1.807, 2.05) is 43.7 Å². The van der Waals surface area contributed by atoms with Crippen LogP contribution in [0.5, 0.6) is 0 Å². The summed E-state index contributed by atoms with van der Waals surface area (Å²) in [6.45, 7) is 7.28. The number of fused-ring (bicyclic) bond motifs is 1. The standard InChI is InChI=1S/C25H37N7O3/c1-18(2)32-17-27-23-21(7-11-26-24(23)32)28-19-8-13-30(14-9-19)25(34)35-20-10-15-31(16-20)22(33)6-5-12-29(3)4/h5-7,11,17-20H,8-10,12-16H2,1-4H3,(H,26,28)/b6-5+/t20-/m1/s1. The number of ether oxygens (including phenoxy) is 1. The van der Waals surface area contributed by atoms with Gasteiger partial charge in [0.1, 0.15) is 11.6 Å². The average molecular weight is 484 g/mol. The summed E-state index contributed by atoms with van der Waals surface area (Å²) in [6.07, 6.45) is 8.91. The lowest BCUT2D eigenvalue weighted by atomic mass is 10.1. The van der Waals surface area contributed by atoms with Gasteiger partial charge in [0.25, 0.3) is 0 Å². The van der Waals surface area contributed by atoms with Gasteiger partial charge in [-0.2, -0.15) is 0 Å². The number of nitrogens with zero attached hydrogens (tertiary/aromatic N) is 6. The van der Waals surface area contributed by atoms with Gasteiger partial charge in [-0.1, -0.05) is 6.08 Å². The Balaban J connectivity index is 1.24. The molecule has 0 bridgehead atoms. The molecule has 35 heavy (non-hydrogen) atoms. The number of pyridine rings is 1. The minimum atomic E-state index is -0.284. The monoisotopic (exact) mass is 483 g/mol. The minimum absolute atomic E-state index is 0.0271. The molecule has 2 amide bonds. The van der Waals surface area contributed by atoms with Crippen molar-refractivity contribution < 1.29 is 14.3 Å². The quantitative estimate of drug-likeness (QED) is 0.605. The summed E-state index contributed by atoms with van der Waals surface area (Å²) >= 11 is 0. The first-order chi connectivity index (χ1) is 16.8. The Hall–Kier alpha value is -3.14. The van der Waals surface area contributed by atoms with Crippen LogP contribution in [0, 0.1) is 0 Å². The Morgan fingerprint density at radius 1 is 1.17 bits per heavy atom. The molecule has 1 N–H and O–H groups in total. The fourth-order valence-electron chi connectivity index (χ4n) is 4.57. The predicted octanol–water partition coefficient (Wildman–Crippen LogP) is 2.74. The highest BCUT2D eigenvalue weighted by atomic mass is 16.6. The molecule has 2 fully saturated rings. The van der Waals surface area contributed by atoms with E-state index in [-0.39, 0.29) is 24.1 Å². The van der Waals surface area contributed by atoms with Gasteiger partial charge in [0.2, 0.25) is 5.91 Å². The van der Waals surface area contributed by atoms with Gasteiger partial charge >= 0.3 is 6.09 Å². The summed E-state index contributed by atoms with van der Waals surface area (Å²) in [7, 11) is 3.91. The highest BCUT2D eigenvalue weighted by molar-refractivity contribution is 5.88. The van der Waals surface area contributed by atoms with Crippen LogP contribution in [0.2, 0.25) is 0 Å². The molecule has 2 aliphatic rings. The molecule has 2 aromatic rings. The maximum atomic E-state index is 12.7. The van der Waals surface area contributed by atoms with Crippen molar-refractivity contribution in [2.24, 2.45) is 0 Å². The van der Waals surface area contributed by atoms with Crippen LogP contribution in [-0.2, 0) is 9.53 Å². The molecular formula is C25H37N7O3. The first-order valence-corrected chi connectivity index (χ1v) is 12.5. The van der Waals surface area contributed by atoms with Crippen LogP contribution in [0.1, 0.15) is 39.2 Å². The number of carbonyl (C=O) groups excluding carboxylic acids is 2. The Morgan fingerprint density at radius 3 is 2.63 bits per heavy atom. The van der Waals surface area contributed by atoms with Crippen molar-refractivity contribution in [1.82, 2.24) is 29.2 Å². The maximum Gasteiger partial charge on any atom is 0.410 e. The topological polar surface area (TPSA) is 95.8 Å². The van der Waals surface area contributed by atoms with Crippen LogP contribution in [0.4, 0.5) is 10.5 Å². The molecule has 2 aliphatic heterocycles. The van der Waals surface area contributed by atoms with E-state index in [2.05, 4.69) is 33.7 Å². The highest BCUT2D eigenvalue weighted by Crippen LogP contribution is 2.25. The van der Waals surface area contributed by atoms with E-state index in [1.165, 1.54) is 0 Å². The first-order valence-electron chi connectivity index (χ1n) is 12.5.